The van der Waals surface area contributed by atoms with Gasteiger partial charge in [-0.1, -0.05) is 52.3 Å². The molecule has 0 radical (unpaired) electrons. The third-order valence-electron chi connectivity index (χ3n) is 3.34. The summed E-state index contributed by atoms with van der Waals surface area (Å²) in [5, 5.41) is 4.82. The second-order valence-corrected chi connectivity index (χ2v) is 5.23. The Labute approximate surface area is 112 Å². The van der Waals surface area contributed by atoms with Crippen molar-refractivity contribution in [2.24, 2.45) is 0 Å². The molecule has 1 aromatic heterocycles. The van der Waals surface area contributed by atoms with Crippen molar-refractivity contribution in [1.82, 2.24) is 0 Å². The van der Waals surface area contributed by atoms with E-state index in [0.29, 0.717) is 0 Å². The lowest BCUT2D eigenvalue weighted by Gasteiger charge is -1.99. The van der Waals surface area contributed by atoms with Crippen LogP contribution in [0.25, 0.3) is 32.7 Å². The molecule has 0 atom stereocenters. The van der Waals surface area contributed by atoms with Gasteiger partial charge in [0.25, 0.3) is 0 Å². The predicted octanol–water partition coefficient (Wildman–Crippen LogP) is 5.50. The Morgan fingerprint density at radius 3 is 2.50 bits per heavy atom. The smallest absolute Gasteiger partial charge is 0.136 e. The van der Waals surface area contributed by atoms with Gasteiger partial charge >= 0.3 is 0 Å². The summed E-state index contributed by atoms with van der Waals surface area (Å²) >= 11 is 3.62. The van der Waals surface area contributed by atoms with Gasteiger partial charge < -0.3 is 4.42 Å². The highest BCUT2D eigenvalue weighted by molar-refractivity contribution is 9.10. The molecule has 1 nitrogen and oxygen atoms in total. The molecule has 0 unspecified atom stereocenters. The van der Waals surface area contributed by atoms with Gasteiger partial charge in [0.2, 0.25) is 0 Å². The first kappa shape index (κ1) is 10.2. The molecule has 0 aliphatic carbocycles. The van der Waals surface area contributed by atoms with Crippen molar-refractivity contribution in [2.45, 2.75) is 0 Å². The zero-order chi connectivity index (χ0) is 12.1. The molecule has 18 heavy (non-hydrogen) atoms. The fourth-order valence-electron chi connectivity index (χ4n) is 2.54. The zero-order valence-electron chi connectivity index (χ0n) is 9.48. The van der Waals surface area contributed by atoms with E-state index in [9.17, 15) is 0 Å². The van der Waals surface area contributed by atoms with Crippen molar-refractivity contribution >= 4 is 48.6 Å². The number of hydrogen-bond donors (Lipinski definition) is 0. The summed E-state index contributed by atoms with van der Waals surface area (Å²) in [7, 11) is 0. The van der Waals surface area contributed by atoms with E-state index in [1.54, 1.807) is 0 Å². The Balaban J connectivity index is 2.40. The van der Waals surface area contributed by atoms with Crippen LogP contribution < -0.4 is 0 Å². The molecule has 0 spiro atoms. The fraction of sp³-hybridized carbons (Fsp3) is 0. The van der Waals surface area contributed by atoms with Crippen LogP contribution in [0.1, 0.15) is 0 Å². The van der Waals surface area contributed by atoms with Gasteiger partial charge in [-0.25, -0.2) is 0 Å². The van der Waals surface area contributed by atoms with Crippen LogP contribution in [-0.2, 0) is 0 Å². The first-order chi connectivity index (χ1) is 8.84. The Morgan fingerprint density at radius 2 is 1.56 bits per heavy atom. The van der Waals surface area contributed by atoms with Crippen molar-refractivity contribution in [1.29, 1.82) is 0 Å². The molecular weight excluding hydrogens is 288 g/mol. The molecule has 86 valence electrons. The molecule has 0 aliphatic rings. The highest BCUT2D eigenvalue weighted by atomic mass is 79.9. The Morgan fingerprint density at radius 1 is 0.722 bits per heavy atom. The summed E-state index contributed by atoms with van der Waals surface area (Å²) in [4.78, 5) is 0. The van der Waals surface area contributed by atoms with Gasteiger partial charge in [0.15, 0.2) is 0 Å². The Hall–Kier alpha value is -1.80. The second kappa shape index (κ2) is 3.59. The number of benzene rings is 3. The quantitative estimate of drug-likeness (QED) is 0.417. The maximum atomic E-state index is 5.91. The molecule has 4 rings (SSSR count). The van der Waals surface area contributed by atoms with Crippen LogP contribution in [0.3, 0.4) is 0 Å². The van der Waals surface area contributed by atoms with E-state index in [2.05, 4.69) is 52.3 Å². The van der Waals surface area contributed by atoms with Crippen molar-refractivity contribution in [3.63, 3.8) is 0 Å². The van der Waals surface area contributed by atoms with Crippen LogP contribution >= 0.6 is 15.9 Å². The molecule has 1 heterocycles. The van der Waals surface area contributed by atoms with Crippen LogP contribution in [0.15, 0.2) is 63.5 Å². The molecular formula is C16H9BrO. The van der Waals surface area contributed by atoms with Crippen molar-refractivity contribution in [3.05, 3.63) is 59.1 Å². The molecule has 0 amide bonds. The molecule has 3 aromatic carbocycles. The number of hydrogen-bond acceptors (Lipinski definition) is 1. The zero-order valence-corrected chi connectivity index (χ0v) is 11.1. The molecule has 4 aromatic rings. The lowest BCUT2D eigenvalue weighted by molar-refractivity contribution is 0.669. The molecule has 0 aliphatic heterocycles. The van der Waals surface area contributed by atoms with E-state index in [1.807, 2.05) is 18.2 Å². The normalized spacial score (nSPS) is 11.6. The monoisotopic (exact) mass is 296 g/mol. The van der Waals surface area contributed by atoms with Gasteiger partial charge in [0.1, 0.15) is 11.2 Å². The minimum Gasteiger partial charge on any atom is -0.456 e. The van der Waals surface area contributed by atoms with Gasteiger partial charge in [-0.2, -0.15) is 0 Å². The molecule has 0 saturated carbocycles. The predicted molar refractivity (Wildman–Crippen MR) is 78.9 cm³/mol. The van der Waals surface area contributed by atoms with Crippen molar-refractivity contribution in [3.8, 4) is 0 Å². The van der Waals surface area contributed by atoms with E-state index in [-0.39, 0.29) is 0 Å². The van der Waals surface area contributed by atoms with Gasteiger partial charge in [0, 0.05) is 15.2 Å². The number of halogens is 1. The number of furan rings is 1. The maximum absolute atomic E-state index is 5.91. The first-order valence-corrected chi connectivity index (χ1v) is 6.62. The van der Waals surface area contributed by atoms with Crippen LogP contribution in [0.4, 0.5) is 0 Å². The van der Waals surface area contributed by atoms with Crippen molar-refractivity contribution < 1.29 is 4.42 Å². The van der Waals surface area contributed by atoms with E-state index >= 15 is 0 Å². The molecule has 0 N–H and O–H groups in total. The maximum Gasteiger partial charge on any atom is 0.136 e. The van der Waals surface area contributed by atoms with E-state index < -0.39 is 0 Å². The van der Waals surface area contributed by atoms with E-state index in [1.165, 1.54) is 16.2 Å². The summed E-state index contributed by atoms with van der Waals surface area (Å²) < 4.78 is 6.99. The molecule has 2 heteroatoms. The number of rotatable bonds is 0. The van der Waals surface area contributed by atoms with Gasteiger partial charge in [-0.15, -0.1) is 0 Å². The van der Waals surface area contributed by atoms with Gasteiger partial charge in [-0.05, 0) is 29.0 Å². The lowest BCUT2D eigenvalue weighted by Crippen LogP contribution is -1.74. The minimum absolute atomic E-state index is 0.927. The third kappa shape index (κ3) is 1.27. The highest BCUT2D eigenvalue weighted by Gasteiger charge is 2.11. The van der Waals surface area contributed by atoms with Gasteiger partial charge in [0.05, 0.1) is 0 Å². The van der Waals surface area contributed by atoms with Crippen LogP contribution in [-0.4, -0.2) is 0 Å². The average molecular weight is 297 g/mol. The van der Waals surface area contributed by atoms with E-state index in [0.717, 1.165) is 21.0 Å². The van der Waals surface area contributed by atoms with E-state index in [4.69, 9.17) is 4.42 Å². The van der Waals surface area contributed by atoms with Gasteiger partial charge in [-0.3, -0.25) is 0 Å². The first-order valence-electron chi connectivity index (χ1n) is 5.83. The summed E-state index contributed by atoms with van der Waals surface area (Å²) in [5.41, 5.74) is 1.87. The summed E-state index contributed by atoms with van der Waals surface area (Å²) in [6.07, 6.45) is 0. The number of fused-ring (bicyclic) bond motifs is 5. The standard InChI is InChI=1S/C16H9BrO/c17-12-6-3-7-13-16(12)15-11-5-2-1-4-10(11)8-9-14(15)18-13/h1-9H. The van der Waals surface area contributed by atoms with Crippen LogP contribution in [0.2, 0.25) is 0 Å². The van der Waals surface area contributed by atoms with Crippen molar-refractivity contribution in [2.75, 3.05) is 0 Å². The summed E-state index contributed by atoms with van der Waals surface area (Å²) in [6.45, 7) is 0. The minimum atomic E-state index is 0.927. The molecule has 0 saturated heterocycles. The molecule has 0 bridgehead atoms. The second-order valence-electron chi connectivity index (χ2n) is 4.37. The average Bonchev–Trinajstić information content (AvgIpc) is 2.79. The lowest BCUT2D eigenvalue weighted by atomic mass is 10.0. The van der Waals surface area contributed by atoms with Crippen LogP contribution in [0, 0.1) is 0 Å². The Bertz CT molecular complexity index is 889. The highest BCUT2D eigenvalue weighted by Crippen LogP contribution is 2.37. The largest absolute Gasteiger partial charge is 0.456 e. The Kier molecular flexibility index (Phi) is 2.03. The SMILES string of the molecule is Brc1cccc2oc3ccc4ccccc4c3c12. The third-order valence-corrected chi connectivity index (χ3v) is 4.00. The summed E-state index contributed by atoms with van der Waals surface area (Å²) in [5.74, 6) is 0. The topological polar surface area (TPSA) is 13.1 Å². The molecule has 0 fully saturated rings. The fourth-order valence-corrected chi connectivity index (χ4v) is 3.09. The van der Waals surface area contributed by atoms with Crippen LogP contribution in [0.5, 0.6) is 0 Å². The summed E-state index contributed by atoms with van der Waals surface area (Å²) in [6, 6.07) is 18.6.